The molecule has 0 fully saturated rings. The van der Waals surface area contributed by atoms with Crippen LogP contribution in [0.4, 0.5) is 5.95 Å². The molecule has 0 aromatic carbocycles. The molecular weight excluding hydrogens is 262 g/mol. The number of aromatic nitrogens is 2. The fraction of sp³-hybridized carbons (Fsp3) is 0.824. The molecule has 0 saturated carbocycles. The number of nitrogens with zero attached hydrogens (tertiary/aromatic N) is 2. The van der Waals surface area contributed by atoms with Gasteiger partial charge in [0, 0.05) is 32.5 Å². The molecule has 0 radical (unpaired) electrons. The van der Waals surface area contributed by atoms with E-state index < -0.39 is 0 Å². The number of anilines is 1. The molecule has 1 heterocycles. The van der Waals surface area contributed by atoms with E-state index in [1.807, 2.05) is 6.92 Å². The maximum atomic E-state index is 5.37. The van der Waals surface area contributed by atoms with Crippen molar-refractivity contribution >= 4 is 5.95 Å². The average Bonchev–Trinajstić information content (AvgIpc) is 2.75. The fourth-order valence-corrected chi connectivity index (χ4v) is 2.76. The lowest BCUT2D eigenvalue weighted by Crippen LogP contribution is -2.23. The van der Waals surface area contributed by atoms with Gasteiger partial charge in [0.05, 0.1) is 5.69 Å². The number of hydrogen-bond acceptors (Lipinski definition) is 3. The van der Waals surface area contributed by atoms with Gasteiger partial charge in [-0.3, -0.25) is 0 Å². The van der Waals surface area contributed by atoms with E-state index in [1.165, 1.54) is 0 Å². The van der Waals surface area contributed by atoms with Gasteiger partial charge in [0.15, 0.2) is 0 Å². The highest BCUT2D eigenvalue weighted by Gasteiger charge is 2.19. The molecule has 122 valence electrons. The first-order valence-corrected chi connectivity index (χ1v) is 8.31. The van der Waals surface area contributed by atoms with Crippen LogP contribution in [0.25, 0.3) is 0 Å². The second-order valence-corrected chi connectivity index (χ2v) is 6.49. The molecular formula is C17H33N3O. The molecule has 0 aliphatic rings. The van der Waals surface area contributed by atoms with E-state index in [9.17, 15) is 0 Å². The zero-order valence-electron chi connectivity index (χ0n) is 14.6. The Hall–Kier alpha value is -1.03. The van der Waals surface area contributed by atoms with Crippen LogP contribution in [0.15, 0.2) is 6.20 Å². The van der Waals surface area contributed by atoms with Gasteiger partial charge in [0.25, 0.3) is 0 Å². The Morgan fingerprint density at radius 1 is 1.24 bits per heavy atom. The first-order valence-electron chi connectivity index (χ1n) is 8.31. The van der Waals surface area contributed by atoms with E-state index in [-0.39, 0.29) is 0 Å². The van der Waals surface area contributed by atoms with Gasteiger partial charge in [-0.05, 0) is 38.0 Å². The van der Waals surface area contributed by atoms with Gasteiger partial charge in [-0.2, -0.15) is 0 Å². The Labute approximate surface area is 130 Å². The Balaban J connectivity index is 2.61. The average molecular weight is 295 g/mol. The topological polar surface area (TPSA) is 39.1 Å². The number of rotatable bonds is 10. The smallest absolute Gasteiger partial charge is 0.203 e. The molecule has 0 unspecified atom stereocenters. The van der Waals surface area contributed by atoms with Gasteiger partial charge in [-0.15, -0.1) is 0 Å². The van der Waals surface area contributed by atoms with Crippen molar-refractivity contribution in [2.24, 2.45) is 17.8 Å². The van der Waals surface area contributed by atoms with Crippen molar-refractivity contribution in [2.45, 2.75) is 54.5 Å². The maximum absolute atomic E-state index is 5.37. The summed E-state index contributed by atoms with van der Waals surface area (Å²) in [5, 5.41) is 3.45. The lowest BCUT2D eigenvalue weighted by Gasteiger charge is -2.26. The van der Waals surface area contributed by atoms with Gasteiger partial charge >= 0.3 is 0 Å². The van der Waals surface area contributed by atoms with Gasteiger partial charge in [-0.1, -0.05) is 27.7 Å². The van der Waals surface area contributed by atoms with Crippen molar-refractivity contribution in [1.82, 2.24) is 9.55 Å². The van der Waals surface area contributed by atoms with E-state index in [2.05, 4.69) is 55.7 Å². The molecule has 1 aromatic heterocycles. The molecule has 1 aromatic rings. The number of imidazole rings is 1. The van der Waals surface area contributed by atoms with Crippen LogP contribution in [0.1, 0.15) is 46.7 Å². The highest BCUT2D eigenvalue weighted by atomic mass is 16.5. The summed E-state index contributed by atoms with van der Waals surface area (Å²) >= 11 is 0. The number of nitrogens with one attached hydrogen (secondary N) is 1. The van der Waals surface area contributed by atoms with Crippen molar-refractivity contribution in [3.8, 4) is 0 Å². The second-order valence-electron chi connectivity index (χ2n) is 6.49. The largest absolute Gasteiger partial charge is 0.382 e. The first kappa shape index (κ1) is 18.0. The molecule has 1 rings (SSSR count). The van der Waals surface area contributed by atoms with E-state index in [1.54, 1.807) is 0 Å². The summed E-state index contributed by atoms with van der Waals surface area (Å²) in [6.45, 7) is 16.9. The van der Waals surface area contributed by atoms with E-state index >= 15 is 0 Å². The van der Waals surface area contributed by atoms with Crippen LogP contribution < -0.4 is 5.32 Å². The van der Waals surface area contributed by atoms with E-state index in [0.717, 1.165) is 44.4 Å². The van der Waals surface area contributed by atoms with Crippen LogP contribution in [-0.2, 0) is 11.3 Å². The summed E-state index contributed by atoms with van der Waals surface area (Å²) in [5.41, 5.74) is 1.08. The third kappa shape index (κ3) is 6.08. The molecule has 0 bridgehead atoms. The Morgan fingerprint density at radius 2 is 1.90 bits per heavy atom. The van der Waals surface area contributed by atoms with Crippen molar-refractivity contribution < 1.29 is 4.74 Å². The molecule has 0 spiro atoms. The lowest BCUT2D eigenvalue weighted by molar-refractivity contribution is 0.147. The summed E-state index contributed by atoms with van der Waals surface area (Å²) in [5.74, 6) is 3.02. The zero-order valence-corrected chi connectivity index (χ0v) is 14.6. The van der Waals surface area contributed by atoms with Crippen molar-refractivity contribution in [1.29, 1.82) is 0 Å². The van der Waals surface area contributed by atoms with Crippen LogP contribution in [-0.4, -0.2) is 29.3 Å². The summed E-state index contributed by atoms with van der Waals surface area (Å²) in [4.78, 5) is 4.61. The van der Waals surface area contributed by atoms with E-state index in [4.69, 9.17) is 4.74 Å². The minimum absolute atomic E-state index is 0.669. The third-order valence-electron chi connectivity index (χ3n) is 3.97. The predicted octanol–water partition coefficient (Wildman–Crippen LogP) is 3.96. The second kappa shape index (κ2) is 9.08. The van der Waals surface area contributed by atoms with Crippen LogP contribution >= 0.6 is 0 Å². The monoisotopic (exact) mass is 295 g/mol. The Morgan fingerprint density at radius 3 is 2.48 bits per heavy atom. The summed E-state index contributed by atoms with van der Waals surface area (Å²) in [7, 11) is 0. The predicted molar refractivity (Wildman–Crippen MR) is 89.7 cm³/mol. The van der Waals surface area contributed by atoms with Crippen molar-refractivity contribution in [2.75, 3.05) is 25.1 Å². The molecule has 1 N–H and O–H groups in total. The molecule has 0 aliphatic heterocycles. The van der Waals surface area contributed by atoms with Crippen molar-refractivity contribution in [3.05, 3.63) is 11.9 Å². The lowest BCUT2D eigenvalue weighted by atomic mass is 9.85. The van der Waals surface area contributed by atoms with Crippen LogP contribution in [0.2, 0.25) is 0 Å². The minimum Gasteiger partial charge on any atom is -0.382 e. The highest BCUT2D eigenvalue weighted by molar-refractivity contribution is 5.28. The van der Waals surface area contributed by atoms with Gasteiger partial charge in [0.1, 0.15) is 0 Å². The molecule has 4 nitrogen and oxygen atoms in total. The fourth-order valence-electron chi connectivity index (χ4n) is 2.76. The van der Waals surface area contributed by atoms with E-state index in [0.29, 0.717) is 17.8 Å². The minimum atomic E-state index is 0.669. The summed E-state index contributed by atoms with van der Waals surface area (Å²) in [6, 6.07) is 0. The maximum Gasteiger partial charge on any atom is 0.203 e. The van der Waals surface area contributed by atoms with Crippen LogP contribution in [0.3, 0.4) is 0 Å². The molecule has 4 heteroatoms. The molecule has 21 heavy (non-hydrogen) atoms. The van der Waals surface area contributed by atoms with Crippen LogP contribution in [0, 0.1) is 24.7 Å². The summed E-state index contributed by atoms with van der Waals surface area (Å²) < 4.78 is 7.65. The van der Waals surface area contributed by atoms with Gasteiger partial charge in [-0.25, -0.2) is 4.98 Å². The van der Waals surface area contributed by atoms with Crippen molar-refractivity contribution in [3.63, 3.8) is 0 Å². The molecule has 0 saturated heterocycles. The molecule has 0 aliphatic carbocycles. The highest BCUT2D eigenvalue weighted by Crippen LogP contribution is 2.24. The summed E-state index contributed by atoms with van der Waals surface area (Å²) in [6.07, 6.45) is 3.17. The first-order chi connectivity index (χ1) is 9.95. The van der Waals surface area contributed by atoms with Crippen LogP contribution in [0.5, 0.6) is 0 Å². The number of hydrogen-bond donors (Lipinski definition) is 1. The zero-order chi connectivity index (χ0) is 15.8. The molecule has 0 atom stereocenters. The Bertz CT molecular complexity index is 391. The Kier molecular flexibility index (Phi) is 7.79. The van der Waals surface area contributed by atoms with Gasteiger partial charge in [0.2, 0.25) is 5.95 Å². The third-order valence-corrected chi connectivity index (χ3v) is 3.97. The molecule has 0 amide bonds. The number of ether oxygens (including phenoxy) is 1. The quantitative estimate of drug-likeness (QED) is 0.664. The number of aryl methyl sites for hydroxylation is 1. The van der Waals surface area contributed by atoms with Gasteiger partial charge < -0.3 is 14.6 Å². The SMILES string of the molecule is CCOCCCNc1nc(C)cn1CC(C(C)C)C(C)C. The standard InChI is InChI=1S/C17H33N3O/c1-7-21-10-8-9-18-17-19-15(6)11-20(17)12-16(13(2)3)14(4)5/h11,13-14,16H,7-10,12H2,1-6H3,(H,18,19). The normalized spacial score (nSPS) is 11.9.